The van der Waals surface area contributed by atoms with Gasteiger partial charge in [-0.1, -0.05) is 49.7 Å². The first-order chi connectivity index (χ1) is 10.0. The first-order valence-electron chi connectivity index (χ1n) is 7.56. The summed E-state index contributed by atoms with van der Waals surface area (Å²) in [7, 11) is 0. The zero-order valence-corrected chi connectivity index (χ0v) is 13.4. The molecular weight excluding hydrogens is 258 g/mol. The molecule has 0 aliphatic rings. The molecule has 2 aromatic rings. The fourth-order valence-corrected chi connectivity index (χ4v) is 2.14. The van der Waals surface area contributed by atoms with Crippen molar-refractivity contribution in [1.82, 2.24) is 5.32 Å². The summed E-state index contributed by atoms with van der Waals surface area (Å²) in [5.41, 5.74) is 5.08. The standard InChI is InChI=1S/C19H25NO/c1-14(2)20-12-17-7-9-19(10-8-17)21-13-18-11-15(3)5-6-16(18)4/h5-11,14,20H,12-13H2,1-4H3. The third-order valence-electron chi connectivity index (χ3n) is 3.54. The Bertz CT molecular complexity index is 573. The van der Waals surface area contributed by atoms with Crippen molar-refractivity contribution in [1.29, 1.82) is 0 Å². The van der Waals surface area contributed by atoms with Crippen LogP contribution >= 0.6 is 0 Å². The summed E-state index contributed by atoms with van der Waals surface area (Å²) in [5, 5.41) is 3.41. The monoisotopic (exact) mass is 283 g/mol. The molecule has 1 N–H and O–H groups in total. The third kappa shape index (κ3) is 4.91. The van der Waals surface area contributed by atoms with Gasteiger partial charge in [-0.25, -0.2) is 0 Å². The van der Waals surface area contributed by atoms with E-state index < -0.39 is 0 Å². The Hall–Kier alpha value is -1.80. The molecule has 0 aromatic heterocycles. The lowest BCUT2D eigenvalue weighted by Gasteiger charge is -2.11. The van der Waals surface area contributed by atoms with Crippen LogP contribution in [0.4, 0.5) is 0 Å². The molecule has 0 aliphatic carbocycles. The topological polar surface area (TPSA) is 21.3 Å². The Morgan fingerprint density at radius 2 is 1.71 bits per heavy atom. The van der Waals surface area contributed by atoms with Crippen LogP contribution in [0, 0.1) is 13.8 Å². The van der Waals surface area contributed by atoms with E-state index in [1.165, 1.54) is 22.3 Å². The van der Waals surface area contributed by atoms with Crippen molar-refractivity contribution in [2.45, 2.75) is 46.9 Å². The van der Waals surface area contributed by atoms with Gasteiger partial charge in [-0.15, -0.1) is 0 Å². The van der Waals surface area contributed by atoms with E-state index in [-0.39, 0.29) is 0 Å². The number of aryl methyl sites for hydroxylation is 2. The van der Waals surface area contributed by atoms with Crippen LogP contribution in [0.5, 0.6) is 5.75 Å². The van der Waals surface area contributed by atoms with E-state index >= 15 is 0 Å². The molecule has 112 valence electrons. The number of rotatable bonds is 6. The van der Waals surface area contributed by atoms with E-state index in [9.17, 15) is 0 Å². The molecule has 2 rings (SSSR count). The largest absolute Gasteiger partial charge is 0.489 e. The first-order valence-corrected chi connectivity index (χ1v) is 7.56. The van der Waals surface area contributed by atoms with E-state index in [0.29, 0.717) is 12.6 Å². The fourth-order valence-electron chi connectivity index (χ4n) is 2.14. The molecule has 0 heterocycles. The molecule has 0 radical (unpaired) electrons. The van der Waals surface area contributed by atoms with Crippen LogP contribution in [0.3, 0.4) is 0 Å². The van der Waals surface area contributed by atoms with E-state index in [1.807, 2.05) is 12.1 Å². The van der Waals surface area contributed by atoms with Gasteiger partial charge in [0.25, 0.3) is 0 Å². The lowest BCUT2D eigenvalue weighted by atomic mass is 10.1. The second-order valence-electron chi connectivity index (χ2n) is 5.90. The number of hydrogen-bond donors (Lipinski definition) is 1. The van der Waals surface area contributed by atoms with Crippen molar-refractivity contribution in [2.24, 2.45) is 0 Å². The predicted molar refractivity (Wildman–Crippen MR) is 88.7 cm³/mol. The minimum atomic E-state index is 0.505. The molecule has 21 heavy (non-hydrogen) atoms. The summed E-state index contributed by atoms with van der Waals surface area (Å²) in [5.74, 6) is 0.921. The maximum atomic E-state index is 5.89. The number of hydrogen-bond acceptors (Lipinski definition) is 2. The quantitative estimate of drug-likeness (QED) is 0.849. The highest BCUT2D eigenvalue weighted by atomic mass is 16.5. The summed E-state index contributed by atoms with van der Waals surface area (Å²) in [6.45, 7) is 10.1. The van der Waals surface area contributed by atoms with Crippen LogP contribution in [0.25, 0.3) is 0 Å². The van der Waals surface area contributed by atoms with Crippen LogP contribution in [-0.2, 0) is 13.2 Å². The lowest BCUT2D eigenvalue weighted by Crippen LogP contribution is -2.21. The first kappa shape index (κ1) is 15.6. The van der Waals surface area contributed by atoms with Crippen LogP contribution in [0.15, 0.2) is 42.5 Å². The highest BCUT2D eigenvalue weighted by Crippen LogP contribution is 2.17. The Morgan fingerprint density at radius 1 is 1.00 bits per heavy atom. The van der Waals surface area contributed by atoms with Gasteiger partial charge >= 0.3 is 0 Å². The van der Waals surface area contributed by atoms with E-state index in [2.05, 4.69) is 63.3 Å². The summed E-state index contributed by atoms with van der Waals surface area (Å²) in [6.07, 6.45) is 0. The molecule has 0 bridgehead atoms. The predicted octanol–water partition coefficient (Wildman–Crippen LogP) is 4.38. The van der Waals surface area contributed by atoms with Gasteiger partial charge in [0, 0.05) is 12.6 Å². The van der Waals surface area contributed by atoms with E-state index in [4.69, 9.17) is 4.74 Å². The fraction of sp³-hybridized carbons (Fsp3) is 0.368. The molecule has 0 amide bonds. The van der Waals surface area contributed by atoms with Gasteiger partial charge in [-0.2, -0.15) is 0 Å². The lowest BCUT2D eigenvalue weighted by molar-refractivity contribution is 0.305. The van der Waals surface area contributed by atoms with Gasteiger partial charge in [-0.05, 0) is 42.7 Å². The van der Waals surface area contributed by atoms with Gasteiger partial charge in [-0.3, -0.25) is 0 Å². The summed E-state index contributed by atoms with van der Waals surface area (Å²) >= 11 is 0. The average molecular weight is 283 g/mol. The van der Waals surface area contributed by atoms with Gasteiger partial charge in [0.2, 0.25) is 0 Å². The minimum Gasteiger partial charge on any atom is -0.489 e. The van der Waals surface area contributed by atoms with Gasteiger partial charge in [0.1, 0.15) is 12.4 Å². The maximum absolute atomic E-state index is 5.89. The van der Waals surface area contributed by atoms with Crippen molar-refractivity contribution in [3.63, 3.8) is 0 Å². The van der Waals surface area contributed by atoms with Crippen LogP contribution in [0.1, 0.15) is 36.1 Å². The minimum absolute atomic E-state index is 0.505. The highest BCUT2D eigenvalue weighted by molar-refractivity contribution is 5.31. The molecule has 0 saturated carbocycles. The number of nitrogens with one attached hydrogen (secondary N) is 1. The van der Waals surface area contributed by atoms with Crippen molar-refractivity contribution < 1.29 is 4.74 Å². The van der Waals surface area contributed by atoms with Crippen molar-refractivity contribution in [3.8, 4) is 5.75 Å². The zero-order valence-electron chi connectivity index (χ0n) is 13.4. The molecule has 2 aromatic carbocycles. The maximum Gasteiger partial charge on any atom is 0.119 e. The molecule has 0 fully saturated rings. The summed E-state index contributed by atoms with van der Waals surface area (Å²) in [6, 6.07) is 15.3. The van der Waals surface area contributed by atoms with Gasteiger partial charge in [0.15, 0.2) is 0 Å². The smallest absolute Gasteiger partial charge is 0.119 e. The Kier molecular flexibility index (Phi) is 5.40. The third-order valence-corrected chi connectivity index (χ3v) is 3.54. The van der Waals surface area contributed by atoms with Crippen LogP contribution in [0.2, 0.25) is 0 Å². The highest BCUT2D eigenvalue weighted by Gasteiger charge is 2.01. The van der Waals surface area contributed by atoms with Gasteiger partial charge < -0.3 is 10.1 Å². The van der Waals surface area contributed by atoms with Crippen LogP contribution < -0.4 is 10.1 Å². The summed E-state index contributed by atoms with van der Waals surface area (Å²) < 4.78 is 5.89. The molecule has 0 atom stereocenters. The average Bonchev–Trinajstić information content (AvgIpc) is 2.47. The van der Waals surface area contributed by atoms with Crippen molar-refractivity contribution >= 4 is 0 Å². The van der Waals surface area contributed by atoms with Gasteiger partial charge in [0.05, 0.1) is 0 Å². The normalized spacial score (nSPS) is 10.9. The SMILES string of the molecule is Cc1ccc(C)c(COc2ccc(CNC(C)C)cc2)c1. The van der Waals surface area contributed by atoms with Crippen molar-refractivity contribution in [2.75, 3.05) is 0 Å². The van der Waals surface area contributed by atoms with Crippen LogP contribution in [-0.4, -0.2) is 6.04 Å². The molecule has 2 nitrogen and oxygen atoms in total. The number of benzene rings is 2. The Labute approximate surface area is 128 Å². The molecule has 0 unspecified atom stereocenters. The van der Waals surface area contributed by atoms with E-state index in [1.54, 1.807) is 0 Å². The molecule has 0 spiro atoms. The zero-order chi connectivity index (χ0) is 15.2. The molecule has 0 saturated heterocycles. The molecule has 2 heteroatoms. The number of ether oxygens (including phenoxy) is 1. The molecule has 0 aliphatic heterocycles. The van der Waals surface area contributed by atoms with Crippen molar-refractivity contribution in [3.05, 3.63) is 64.7 Å². The van der Waals surface area contributed by atoms with E-state index in [0.717, 1.165) is 12.3 Å². The Balaban J connectivity index is 1.93. The summed E-state index contributed by atoms with van der Waals surface area (Å²) in [4.78, 5) is 0. The molecular formula is C19H25NO. The Morgan fingerprint density at radius 3 is 2.38 bits per heavy atom. The second-order valence-corrected chi connectivity index (χ2v) is 5.90. The second kappa shape index (κ2) is 7.28.